The molecule has 2 aromatic rings. The summed E-state index contributed by atoms with van der Waals surface area (Å²) in [4.78, 5) is 4.69. The molecule has 4 heteroatoms. The smallest absolute Gasteiger partial charge is 0.0908 e. The number of rotatable bonds is 4. The average Bonchev–Trinajstić information content (AvgIpc) is 3.26. The summed E-state index contributed by atoms with van der Waals surface area (Å²) < 4.78 is 2.14. The van der Waals surface area contributed by atoms with Gasteiger partial charge in [-0.1, -0.05) is 12.1 Å². The van der Waals surface area contributed by atoms with E-state index in [9.17, 15) is 0 Å². The van der Waals surface area contributed by atoms with Crippen molar-refractivity contribution in [1.82, 2.24) is 14.8 Å². The summed E-state index contributed by atoms with van der Waals surface area (Å²) in [6.45, 7) is 2.03. The summed E-state index contributed by atoms with van der Waals surface area (Å²) >= 11 is 0. The van der Waals surface area contributed by atoms with Gasteiger partial charge in [0.1, 0.15) is 0 Å². The number of nitrogens with zero attached hydrogens (tertiary/aromatic N) is 4. The SMILES string of the molecule is Cc1cccc(-c2cn(C3CC(/C=C/C#N)C3)nc2C2CC2)n1. The summed E-state index contributed by atoms with van der Waals surface area (Å²) in [5, 5.41) is 13.5. The molecule has 4 nitrogen and oxygen atoms in total. The highest BCUT2D eigenvalue weighted by molar-refractivity contribution is 5.62. The fraction of sp³-hybridized carbons (Fsp3) is 0.421. The van der Waals surface area contributed by atoms with E-state index in [1.165, 1.54) is 24.1 Å². The molecule has 2 heterocycles. The second-order valence-corrected chi connectivity index (χ2v) is 6.72. The van der Waals surface area contributed by atoms with E-state index in [0.717, 1.165) is 24.2 Å². The van der Waals surface area contributed by atoms with Crippen LogP contribution in [0.5, 0.6) is 0 Å². The number of aryl methyl sites for hydroxylation is 1. The van der Waals surface area contributed by atoms with Crippen molar-refractivity contribution in [3.63, 3.8) is 0 Å². The van der Waals surface area contributed by atoms with Crippen molar-refractivity contribution >= 4 is 0 Å². The Morgan fingerprint density at radius 1 is 1.30 bits per heavy atom. The Balaban J connectivity index is 1.60. The summed E-state index contributed by atoms with van der Waals surface area (Å²) in [6, 6.07) is 8.71. The first-order valence-electron chi connectivity index (χ1n) is 8.34. The number of hydrogen-bond acceptors (Lipinski definition) is 3. The van der Waals surface area contributed by atoms with Gasteiger partial charge in [0.25, 0.3) is 0 Å². The van der Waals surface area contributed by atoms with E-state index in [1.807, 2.05) is 19.1 Å². The Hall–Kier alpha value is -2.41. The van der Waals surface area contributed by atoms with E-state index in [2.05, 4.69) is 34.1 Å². The van der Waals surface area contributed by atoms with Crippen molar-refractivity contribution in [3.05, 3.63) is 47.9 Å². The van der Waals surface area contributed by atoms with Gasteiger partial charge in [0.2, 0.25) is 0 Å². The molecule has 116 valence electrons. The van der Waals surface area contributed by atoms with Gasteiger partial charge in [-0.05, 0) is 50.7 Å². The number of aromatic nitrogens is 3. The summed E-state index contributed by atoms with van der Waals surface area (Å²) in [5.41, 5.74) is 4.51. The lowest BCUT2D eigenvalue weighted by Gasteiger charge is -2.33. The predicted molar refractivity (Wildman–Crippen MR) is 88.7 cm³/mol. The molecule has 0 saturated heterocycles. The summed E-state index contributed by atoms with van der Waals surface area (Å²) in [6.07, 6.45) is 10.4. The van der Waals surface area contributed by atoms with Crippen molar-refractivity contribution in [3.8, 4) is 17.3 Å². The van der Waals surface area contributed by atoms with Gasteiger partial charge in [-0.2, -0.15) is 10.4 Å². The molecular formula is C19H20N4. The zero-order chi connectivity index (χ0) is 15.8. The molecule has 4 rings (SSSR count). The van der Waals surface area contributed by atoms with Crippen LogP contribution in [0.15, 0.2) is 36.5 Å². The quantitative estimate of drug-likeness (QED) is 0.797. The molecule has 2 saturated carbocycles. The van der Waals surface area contributed by atoms with Crippen LogP contribution < -0.4 is 0 Å². The maximum Gasteiger partial charge on any atom is 0.0908 e. The molecule has 0 spiro atoms. The van der Waals surface area contributed by atoms with Crippen LogP contribution in [0.3, 0.4) is 0 Å². The van der Waals surface area contributed by atoms with Crippen LogP contribution in [-0.2, 0) is 0 Å². The fourth-order valence-electron chi connectivity index (χ4n) is 3.32. The molecule has 0 radical (unpaired) electrons. The minimum atomic E-state index is 0.458. The third kappa shape index (κ3) is 2.79. The highest BCUT2D eigenvalue weighted by Crippen LogP contribution is 2.45. The van der Waals surface area contributed by atoms with Gasteiger partial charge in [0.05, 0.1) is 23.5 Å². The largest absolute Gasteiger partial charge is 0.269 e. The summed E-state index contributed by atoms with van der Waals surface area (Å²) in [5.74, 6) is 1.14. The van der Waals surface area contributed by atoms with Crippen LogP contribution in [0.2, 0.25) is 0 Å². The van der Waals surface area contributed by atoms with E-state index in [4.69, 9.17) is 10.4 Å². The van der Waals surface area contributed by atoms with Crippen molar-refractivity contribution in [2.24, 2.45) is 5.92 Å². The molecule has 0 bridgehead atoms. The standard InChI is InChI=1S/C19H20N4/c1-13-4-2-6-18(21-13)17-12-23(22-19(17)15-7-8-15)16-10-14(11-16)5-3-9-20/h2-6,12,14-16H,7-8,10-11H2,1H3/b5-3+. The van der Waals surface area contributed by atoms with E-state index < -0.39 is 0 Å². The normalized spacial score (nSPS) is 23.7. The third-order valence-corrected chi connectivity index (χ3v) is 4.86. The van der Waals surface area contributed by atoms with E-state index in [1.54, 1.807) is 6.08 Å². The first-order chi connectivity index (χ1) is 11.2. The van der Waals surface area contributed by atoms with Crippen LogP contribution >= 0.6 is 0 Å². The molecule has 2 fully saturated rings. The molecule has 0 aromatic carbocycles. The van der Waals surface area contributed by atoms with Gasteiger partial charge >= 0.3 is 0 Å². The molecule has 23 heavy (non-hydrogen) atoms. The molecular weight excluding hydrogens is 284 g/mol. The van der Waals surface area contributed by atoms with Crippen molar-refractivity contribution < 1.29 is 0 Å². The lowest BCUT2D eigenvalue weighted by molar-refractivity contribution is 0.223. The van der Waals surface area contributed by atoms with E-state index in [-0.39, 0.29) is 0 Å². The highest BCUT2D eigenvalue weighted by atomic mass is 15.3. The highest BCUT2D eigenvalue weighted by Gasteiger charge is 2.34. The first-order valence-corrected chi connectivity index (χ1v) is 8.34. The van der Waals surface area contributed by atoms with Crippen LogP contribution in [0, 0.1) is 24.2 Å². The van der Waals surface area contributed by atoms with Crippen LogP contribution in [0.4, 0.5) is 0 Å². The molecule has 0 amide bonds. The van der Waals surface area contributed by atoms with Crippen molar-refractivity contribution in [2.75, 3.05) is 0 Å². The zero-order valence-electron chi connectivity index (χ0n) is 13.3. The van der Waals surface area contributed by atoms with Gasteiger partial charge in [0, 0.05) is 29.4 Å². The lowest BCUT2D eigenvalue weighted by Crippen LogP contribution is -2.25. The molecule has 2 aromatic heterocycles. The number of pyridine rings is 1. The lowest BCUT2D eigenvalue weighted by atomic mass is 9.80. The number of hydrogen-bond donors (Lipinski definition) is 0. The topological polar surface area (TPSA) is 54.5 Å². The van der Waals surface area contributed by atoms with Gasteiger partial charge in [0.15, 0.2) is 0 Å². The van der Waals surface area contributed by atoms with Crippen LogP contribution in [-0.4, -0.2) is 14.8 Å². The predicted octanol–water partition coefficient (Wildman–Crippen LogP) is 4.16. The minimum Gasteiger partial charge on any atom is -0.269 e. The Bertz CT molecular complexity index is 786. The van der Waals surface area contributed by atoms with Crippen molar-refractivity contribution in [2.45, 2.75) is 44.6 Å². The van der Waals surface area contributed by atoms with Gasteiger partial charge in [-0.15, -0.1) is 0 Å². The molecule has 0 N–H and O–H groups in total. The molecule has 0 atom stereocenters. The van der Waals surface area contributed by atoms with Gasteiger partial charge in [-0.3, -0.25) is 9.67 Å². The number of nitriles is 1. The number of allylic oxidation sites excluding steroid dienone is 2. The minimum absolute atomic E-state index is 0.458. The van der Waals surface area contributed by atoms with Crippen LogP contribution in [0.25, 0.3) is 11.3 Å². The zero-order valence-corrected chi connectivity index (χ0v) is 13.3. The molecule has 0 unspecified atom stereocenters. The van der Waals surface area contributed by atoms with Gasteiger partial charge < -0.3 is 0 Å². The third-order valence-electron chi connectivity index (χ3n) is 4.86. The van der Waals surface area contributed by atoms with Crippen LogP contribution in [0.1, 0.15) is 49.0 Å². The Labute approximate surface area is 136 Å². The Morgan fingerprint density at radius 2 is 2.13 bits per heavy atom. The maximum atomic E-state index is 8.61. The fourth-order valence-corrected chi connectivity index (χ4v) is 3.32. The second-order valence-electron chi connectivity index (χ2n) is 6.72. The molecule has 0 aliphatic heterocycles. The first kappa shape index (κ1) is 14.2. The molecule has 2 aliphatic rings. The average molecular weight is 304 g/mol. The Morgan fingerprint density at radius 3 is 2.83 bits per heavy atom. The van der Waals surface area contributed by atoms with Crippen molar-refractivity contribution in [1.29, 1.82) is 5.26 Å². The van der Waals surface area contributed by atoms with E-state index >= 15 is 0 Å². The monoisotopic (exact) mass is 304 g/mol. The van der Waals surface area contributed by atoms with Gasteiger partial charge in [-0.25, -0.2) is 0 Å². The second kappa shape index (κ2) is 5.66. The molecule has 2 aliphatic carbocycles. The summed E-state index contributed by atoms with van der Waals surface area (Å²) in [7, 11) is 0. The maximum absolute atomic E-state index is 8.61. The van der Waals surface area contributed by atoms with E-state index in [0.29, 0.717) is 17.9 Å². The Kier molecular flexibility index (Phi) is 3.49.